The van der Waals surface area contributed by atoms with Crippen molar-refractivity contribution in [1.29, 1.82) is 0 Å². The minimum Gasteiger partial charge on any atom is -0.349 e. The largest absolute Gasteiger partial charge is 0.349 e. The average Bonchev–Trinajstić information content (AvgIpc) is 2.91. The highest BCUT2D eigenvalue weighted by Crippen LogP contribution is 2.25. The van der Waals surface area contributed by atoms with E-state index < -0.39 is 0 Å². The molecule has 2 nitrogen and oxygen atoms in total. The van der Waals surface area contributed by atoms with Gasteiger partial charge in [0.25, 0.3) is 0 Å². The summed E-state index contributed by atoms with van der Waals surface area (Å²) >= 11 is 0. The van der Waals surface area contributed by atoms with E-state index in [1.165, 1.54) is 33.1 Å². The zero-order valence-corrected chi connectivity index (χ0v) is 12.0. The van der Waals surface area contributed by atoms with Gasteiger partial charge in [0.15, 0.2) is 12.7 Å². The Labute approximate surface area is 123 Å². The van der Waals surface area contributed by atoms with Crippen LogP contribution in [-0.4, -0.2) is 4.98 Å². The minimum atomic E-state index is 0.901. The van der Waals surface area contributed by atoms with Crippen molar-refractivity contribution < 1.29 is 4.57 Å². The van der Waals surface area contributed by atoms with E-state index in [4.69, 9.17) is 0 Å². The predicted octanol–water partition coefficient (Wildman–Crippen LogP) is 3.97. The molecule has 2 aromatic heterocycles. The highest BCUT2D eigenvalue weighted by Gasteiger charge is 2.14. The summed E-state index contributed by atoms with van der Waals surface area (Å²) in [7, 11) is 0. The van der Waals surface area contributed by atoms with Crippen LogP contribution >= 0.6 is 0 Å². The Morgan fingerprint density at radius 1 is 0.857 bits per heavy atom. The molecule has 1 N–H and O–H groups in total. The van der Waals surface area contributed by atoms with Crippen LogP contribution in [0.2, 0.25) is 0 Å². The number of aryl methyl sites for hydroxylation is 1. The van der Waals surface area contributed by atoms with Crippen LogP contribution < -0.4 is 4.57 Å². The van der Waals surface area contributed by atoms with Crippen molar-refractivity contribution in [3.63, 3.8) is 0 Å². The van der Waals surface area contributed by atoms with Crippen LogP contribution in [-0.2, 0) is 6.54 Å². The first-order valence-corrected chi connectivity index (χ1v) is 7.26. The third kappa shape index (κ3) is 2.00. The van der Waals surface area contributed by atoms with Gasteiger partial charge in [-0.05, 0) is 6.07 Å². The Hall–Kier alpha value is -2.61. The molecule has 0 unspecified atom stereocenters. The smallest absolute Gasteiger partial charge is 0.202 e. The van der Waals surface area contributed by atoms with Crippen LogP contribution in [0.15, 0.2) is 66.9 Å². The number of pyridine rings is 1. The number of hydrogen-bond donors (Lipinski definition) is 1. The summed E-state index contributed by atoms with van der Waals surface area (Å²) in [6, 6.07) is 21.3. The Bertz CT molecular complexity index is 920. The van der Waals surface area contributed by atoms with E-state index in [1.54, 1.807) is 0 Å². The first-order valence-electron chi connectivity index (χ1n) is 7.26. The van der Waals surface area contributed by atoms with Gasteiger partial charge in [0, 0.05) is 34.8 Å². The van der Waals surface area contributed by atoms with Crippen LogP contribution in [0.4, 0.5) is 0 Å². The molecule has 0 saturated heterocycles. The van der Waals surface area contributed by atoms with Crippen LogP contribution in [0.5, 0.6) is 0 Å². The first-order chi connectivity index (χ1) is 10.3. The van der Waals surface area contributed by atoms with E-state index in [9.17, 15) is 0 Å². The minimum absolute atomic E-state index is 0.901. The number of H-pyrrole nitrogens is 1. The summed E-state index contributed by atoms with van der Waals surface area (Å²) < 4.78 is 2.30. The van der Waals surface area contributed by atoms with Crippen LogP contribution in [0.3, 0.4) is 0 Å². The molecule has 0 bridgehead atoms. The molecule has 0 aliphatic carbocycles. The molecule has 2 aromatic carbocycles. The monoisotopic (exact) mass is 273 g/mol. The fraction of sp³-hybridized carbons (Fsp3) is 0.105. The fourth-order valence-corrected chi connectivity index (χ4v) is 2.99. The van der Waals surface area contributed by atoms with Crippen molar-refractivity contribution in [2.75, 3.05) is 0 Å². The van der Waals surface area contributed by atoms with Crippen LogP contribution in [0, 0.1) is 6.92 Å². The lowest BCUT2D eigenvalue weighted by molar-refractivity contribution is -0.693. The molecule has 0 fully saturated rings. The quantitative estimate of drug-likeness (QED) is 0.533. The third-order valence-electron chi connectivity index (χ3n) is 4.16. The van der Waals surface area contributed by atoms with E-state index in [0.717, 1.165) is 6.54 Å². The molecule has 0 atom stereocenters. The second-order valence-corrected chi connectivity index (χ2v) is 5.47. The molecule has 2 heteroatoms. The average molecular weight is 273 g/mol. The van der Waals surface area contributed by atoms with Crippen molar-refractivity contribution in [1.82, 2.24) is 4.98 Å². The predicted molar refractivity (Wildman–Crippen MR) is 86.3 cm³/mol. The number of rotatable bonds is 2. The van der Waals surface area contributed by atoms with E-state index in [0.29, 0.717) is 0 Å². The maximum Gasteiger partial charge on any atom is 0.202 e. The molecular formula is C19H17N2+. The maximum atomic E-state index is 3.55. The topological polar surface area (TPSA) is 19.7 Å². The molecule has 102 valence electrons. The van der Waals surface area contributed by atoms with Gasteiger partial charge in [0.2, 0.25) is 5.69 Å². The van der Waals surface area contributed by atoms with Gasteiger partial charge >= 0.3 is 0 Å². The molecule has 2 heterocycles. The molecule has 4 rings (SSSR count). The highest BCUT2D eigenvalue weighted by atomic mass is 15.0. The second kappa shape index (κ2) is 4.74. The summed E-state index contributed by atoms with van der Waals surface area (Å²) in [5.74, 6) is 0. The van der Waals surface area contributed by atoms with Crippen molar-refractivity contribution >= 4 is 21.8 Å². The van der Waals surface area contributed by atoms with Crippen molar-refractivity contribution in [2.45, 2.75) is 13.5 Å². The normalized spacial score (nSPS) is 11.3. The van der Waals surface area contributed by atoms with Gasteiger partial charge in [0.05, 0.1) is 0 Å². The third-order valence-corrected chi connectivity index (χ3v) is 4.16. The van der Waals surface area contributed by atoms with Crippen molar-refractivity contribution in [3.05, 3.63) is 78.1 Å². The lowest BCUT2D eigenvalue weighted by atomic mass is 10.1. The molecule has 0 aliphatic heterocycles. The molecule has 0 amide bonds. The van der Waals surface area contributed by atoms with Gasteiger partial charge in [-0.15, -0.1) is 0 Å². The number of benzene rings is 2. The second-order valence-electron chi connectivity index (χ2n) is 5.47. The van der Waals surface area contributed by atoms with Crippen LogP contribution in [0.25, 0.3) is 21.8 Å². The number of nitrogens with zero attached hydrogens (tertiary/aromatic N) is 1. The standard InChI is InChI=1S/C19H16N2/c1-14-19-17(16-9-5-6-10-18(16)20-19)11-12-21(14)13-15-7-3-2-4-8-15/h2-12H,13H2,1H3/p+1. The molecule has 0 radical (unpaired) electrons. The molecule has 0 aliphatic rings. The lowest BCUT2D eigenvalue weighted by Crippen LogP contribution is -2.37. The summed E-state index contributed by atoms with van der Waals surface area (Å²) in [5.41, 5.74) is 5.02. The number of fused-ring (bicyclic) bond motifs is 3. The molecule has 0 spiro atoms. The lowest BCUT2D eigenvalue weighted by Gasteiger charge is -2.02. The fourth-order valence-electron chi connectivity index (χ4n) is 2.99. The summed E-state index contributed by atoms with van der Waals surface area (Å²) in [4.78, 5) is 3.55. The van der Waals surface area contributed by atoms with Gasteiger partial charge in [0.1, 0.15) is 5.52 Å². The highest BCUT2D eigenvalue weighted by molar-refractivity contribution is 6.07. The maximum absolute atomic E-state index is 3.55. The molecule has 4 aromatic rings. The number of aromatic amines is 1. The summed E-state index contributed by atoms with van der Waals surface area (Å²) in [6.07, 6.45) is 2.19. The van der Waals surface area contributed by atoms with Crippen molar-refractivity contribution in [3.8, 4) is 0 Å². The zero-order valence-electron chi connectivity index (χ0n) is 12.0. The molecule has 0 saturated carbocycles. The van der Waals surface area contributed by atoms with Gasteiger partial charge in [-0.3, -0.25) is 0 Å². The van der Waals surface area contributed by atoms with E-state index in [1.807, 2.05) is 0 Å². The Morgan fingerprint density at radius 3 is 2.48 bits per heavy atom. The number of para-hydroxylation sites is 1. The Kier molecular flexibility index (Phi) is 2.74. The SMILES string of the molecule is Cc1c2[nH]c3ccccc3c2cc[n+]1Cc1ccccc1. The van der Waals surface area contributed by atoms with E-state index in [-0.39, 0.29) is 0 Å². The van der Waals surface area contributed by atoms with E-state index >= 15 is 0 Å². The molecular weight excluding hydrogens is 256 g/mol. The Balaban J connectivity index is 1.88. The molecule has 21 heavy (non-hydrogen) atoms. The summed E-state index contributed by atoms with van der Waals surface area (Å²) in [6.45, 7) is 3.08. The van der Waals surface area contributed by atoms with Gasteiger partial charge in [-0.1, -0.05) is 48.5 Å². The van der Waals surface area contributed by atoms with Gasteiger partial charge < -0.3 is 4.98 Å². The van der Waals surface area contributed by atoms with E-state index in [2.05, 4.69) is 83.3 Å². The Morgan fingerprint density at radius 2 is 1.62 bits per heavy atom. The van der Waals surface area contributed by atoms with Gasteiger partial charge in [-0.25, -0.2) is 0 Å². The van der Waals surface area contributed by atoms with Crippen molar-refractivity contribution in [2.24, 2.45) is 0 Å². The zero-order chi connectivity index (χ0) is 14.2. The number of nitrogens with one attached hydrogen (secondary N) is 1. The number of aromatic nitrogens is 2. The van der Waals surface area contributed by atoms with Gasteiger partial charge in [-0.2, -0.15) is 4.57 Å². The number of hydrogen-bond acceptors (Lipinski definition) is 0. The first kappa shape index (κ1) is 12.2. The van der Waals surface area contributed by atoms with Crippen LogP contribution in [0.1, 0.15) is 11.3 Å². The summed E-state index contributed by atoms with van der Waals surface area (Å²) in [5, 5.41) is 2.59.